The first kappa shape index (κ1) is 22.2. The Morgan fingerprint density at radius 1 is 1.00 bits per heavy atom. The highest BCUT2D eigenvalue weighted by atomic mass is 15.1. The number of hydrogen-bond acceptors (Lipinski definition) is 3. The summed E-state index contributed by atoms with van der Waals surface area (Å²) in [5.41, 5.74) is 4.04. The van der Waals surface area contributed by atoms with Crippen molar-refractivity contribution >= 4 is 17.2 Å². The van der Waals surface area contributed by atoms with Crippen LogP contribution in [0.25, 0.3) is 28.5 Å². The largest absolute Gasteiger partial charge is 0.309 e. The first-order valence-corrected chi connectivity index (χ1v) is 11.4. The lowest BCUT2D eigenvalue weighted by Crippen LogP contribution is -2.18. The summed E-state index contributed by atoms with van der Waals surface area (Å²) in [5.74, 6) is 1.51. The molecule has 0 aliphatic rings. The van der Waals surface area contributed by atoms with E-state index in [2.05, 4.69) is 73.4 Å². The van der Waals surface area contributed by atoms with Crippen molar-refractivity contribution < 1.29 is 0 Å². The fourth-order valence-corrected chi connectivity index (χ4v) is 3.87. The summed E-state index contributed by atoms with van der Waals surface area (Å²) in [4.78, 5) is 14.2. The molecular formula is C26H36N4. The minimum atomic E-state index is 0.237. The van der Waals surface area contributed by atoms with Gasteiger partial charge in [0.05, 0.1) is 0 Å². The normalized spacial score (nSPS) is 13.4. The van der Waals surface area contributed by atoms with E-state index in [-0.39, 0.29) is 5.41 Å². The lowest BCUT2D eigenvalue weighted by Gasteiger charge is -2.28. The van der Waals surface area contributed by atoms with Gasteiger partial charge < -0.3 is 4.57 Å². The fourth-order valence-electron chi connectivity index (χ4n) is 3.87. The van der Waals surface area contributed by atoms with E-state index in [9.17, 15) is 0 Å². The van der Waals surface area contributed by atoms with Crippen LogP contribution in [-0.4, -0.2) is 19.5 Å². The molecule has 1 atom stereocenters. The van der Waals surface area contributed by atoms with Crippen LogP contribution < -0.4 is 0 Å². The van der Waals surface area contributed by atoms with Gasteiger partial charge in [-0.25, -0.2) is 15.0 Å². The Morgan fingerprint density at radius 2 is 1.73 bits per heavy atom. The number of benzene rings is 1. The monoisotopic (exact) mass is 404 g/mol. The number of fused-ring (bicyclic) bond motifs is 1. The fraction of sp³-hybridized carbons (Fsp3) is 0.500. The van der Waals surface area contributed by atoms with Crippen LogP contribution in [0.5, 0.6) is 0 Å². The van der Waals surface area contributed by atoms with Gasteiger partial charge in [0.2, 0.25) is 0 Å². The second-order valence-corrected chi connectivity index (χ2v) is 9.21. The molecule has 0 aliphatic carbocycles. The molecule has 1 unspecified atom stereocenters. The molecule has 0 fully saturated rings. The zero-order valence-corrected chi connectivity index (χ0v) is 19.2. The molecule has 4 nitrogen and oxygen atoms in total. The minimum Gasteiger partial charge on any atom is -0.309 e. The average Bonchev–Trinajstić information content (AvgIpc) is 3.09. The van der Waals surface area contributed by atoms with E-state index in [1.165, 1.54) is 19.3 Å². The topological polar surface area (TPSA) is 43.6 Å². The molecule has 0 amide bonds. The van der Waals surface area contributed by atoms with Crippen LogP contribution in [0.2, 0.25) is 0 Å². The van der Waals surface area contributed by atoms with Crippen LogP contribution in [0.1, 0.15) is 72.5 Å². The Morgan fingerprint density at radius 3 is 2.40 bits per heavy atom. The second kappa shape index (κ2) is 10.0. The molecule has 1 aromatic carbocycles. The summed E-state index contributed by atoms with van der Waals surface area (Å²) in [5, 5.41) is 0. The van der Waals surface area contributed by atoms with Gasteiger partial charge in [0, 0.05) is 12.1 Å². The Balaban J connectivity index is 2.06. The number of allylic oxidation sites excluding steroid dienone is 1. The summed E-state index contributed by atoms with van der Waals surface area (Å²) < 4.78 is 2.27. The highest BCUT2D eigenvalue weighted by Gasteiger charge is 2.22. The number of aryl methyl sites for hydroxylation is 1. The molecule has 0 spiro atoms. The molecule has 0 radical (unpaired) electrons. The Bertz CT molecular complexity index is 964. The van der Waals surface area contributed by atoms with Gasteiger partial charge in [-0.2, -0.15) is 0 Å². The van der Waals surface area contributed by atoms with E-state index >= 15 is 0 Å². The van der Waals surface area contributed by atoms with E-state index in [1.807, 2.05) is 18.2 Å². The van der Waals surface area contributed by atoms with Crippen molar-refractivity contribution in [1.82, 2.24) is 19.5 Å². The molecular weight excluding hydrogens is 368 g/mol. The zero-order chi connectivity index (χ0) is 21.6. The standard InChI is InChI=1S/C26H36N4/c1-6-8-15-21(26(3,4)5)16-17-22-29-24-23(20-13-11-10-12-14-20)27-19-28-25(24)30(22)18-9-7-2/h10-14,16-17,19,21H,6-9,15,18H2,1-5H3/b17-16+. The van der Waals surface area contributed by atoms with Crippen LogP contribution in [0.15, 0.2) is 42.7 Å². The number of unbranched alkanes of at least 4 members (excludes halogenated alkanes) is 2. The quantitative estimate of drug-likeness (QED) is 0.380. The smallest absolute Gasteiger partial charge is 0.164 e. The Hall–Kier alpha value is -2.49. The van der Waals surface area contributed by atoms with Crippen LogP contribution in [0.3, 0.4) is 0 Å². The molecule has 160 valence electrons. The van der Waals surface area contributed by atoms with Crippen molar-refractivity contribution in [2.24, 2.45) is 11.3 Å². The molecule has 2 heterocycles. The number of hydrogen-bond donors (Lipinski definition) is 0. The first-order valence-electron chi connectivity index (χ1n) is 11.4. The van der Waals surface area contributed by atoms with Gasteiger partial charge in [0.1, 0.15) is 23.4 Å². The molecule has 3 aromatic rings. The Kier molecular flexibility index (Phi) is 7.41. The summed E-state index contributed by atoms with van der Waals surface area (Å²) in [6, 6.07) is 10.3. The van der Waals surface area contributed by atoms with Gasteiger partial charge in [-0.3, -0.25) is 0 Å². The first-order chi connectivity index (χ1) is 14.5. The highest BCUT2D eigenvalue weighted by molar-refractivity contribution is 5.88. The van der Waals surface area contributed by atoms with E-state index in [0.717, 1.165) is 47.6 Å². The second-order valence-electron chi connectivity index (χ2n) is 9.21. The van der Waals surface area contributed by atoms with Crippen molar-refractivity contribution in [3.63, 3.8) is 0 Å². The Labute approximate surface area is 181 Å². The van der Waals surface area contributed by atoms with E-state index in [0.29, 0.717) is 5.92 Å². The van der Waals surface area contributed by atoms with Gasteiger partial charge in [-0.15, -0.1) is 0 Å². The van der Waals surface area contributed by atoms with E-state index in [1.54, 1.807) is 6.33 Å². The minimum absolute atomic E-state index is 0.237. The number of nitrogens with zero attached hydrogens (tertiary/aromatic N) is 4. The number of imidazole rings is 1. The molecule has 30 heavy (non-hydrogen) atoms. The molecule has 0 bridgehead atoms. The molecule has 0 saturated heterocycles. The SMILES string of the molecule is CCCCC(/C=C/c1nc2c(-c3ccccc3)ncnc2n1CCCC)C(C)(C)C. The highest BCUT2D eigenvalue weighted by Crippen LogP contribution is 2.32. The van der Waals surface area contributed by atoms with E-state index in [4.69, 9.17) is 4.98 Å². The van der Waals surface area contributed by atoms with Crippen molar-refractivity contribution in [1.29, 1.82) is 0 Å². The summed E-state index contributed by atoms with van der Waals surface area (Å²) in [7, 11) is 0. The van der Waals surface area contributed by atoms with Gasteiger partial charge >= 0.3 is 0 Å². The van der Waals surface area contributed by atoms with Gasteiger partial charge in [0.15, 0.2) is 5.65 Å². The molecule has 0 aliphatic heterocycles. The van der Waals surface area contributed by atoms with Gasteiger partial charge in [-0.1, -0.05) is 90.3 Å². The maximum absolute atomic E-state index is 5.03. The van der Waals surface area contributed by atoms with Crippen LogP contribution in [-0.2, 0) is 6.54 Å². The van der Waals surface area contributed by atoms with Crippen molar-refractivity contribution in [2.45, 2.75) is 73.3 Å². The van der Waals surface area contributed by atoms with Crippen LogP contribution >= 0.6 is 0 Å². The number of aromatic nitrogens is 4. The summed E-state index contributed by atoms with van der Waals surface area (Å²) in [6.45, 7) is 12.4. The summed E-state index contributed by atoms with van der Waals surface area (Å²) in [6.07, 6.45) is 12.2. The summed E-state index contributed by atoms with van der Waals surface area (Å²) >= 11 is 0. The molecule has 0 N–H and O–H groups in total. The zero-order valence-electron chi connectivity index (χ0n) is 19.2. The van der Waals surface area contributed by atoms with Crippen molar-refractivity contribution in [3.8, 4) is 11.3 Å². The molecule has 3 rings (SSSR count). The predicted octanol–water partition coefficient (Wildman–Crippen LogP) is 7.16. The van der Waals surface area contributed by atoms with E-state index < -0.39 is 0 Å². The predicted molar refractivity (Wildman–Crippen MR) is 127 cm³/mol. The third kappa shape index (κ3) is 5.16. The van der Waals surface area contributed by atoms with Gasteiger partial charge in [-0.05, 0) is 30.3 Å². The third-order valence-electron chi connectivity index (χ3n) is 5.80. The van der Waals surface area contributed by atoms with Crippen molar-refractivity contribution in [2.75, 3.05) is 0 Å². The van der Waals surface area contributed by atoms with Crippen LogP contribution in [0.4, 0.5) is 0 Å². The van der Waals surface area contributed by atoms with Gasteiger partial charge in [0.25, 0.3) is 0 Å². The number of rotatable bonds is 9. The maximum Gasteiger partial charge on any atom is 0.164 e. The van der Waals surface area contributed by atoms with Crippen molar-refractivity contribution in [3.05, 3.63) is 48.6 Å². The third-order valence-corrected chi connectivity index (χ3v) is 5.80. The van der Waals surface area contributed by atoms with Crippen LogP contribution in [0, 0.1) is 11.3 Å². The molecule has 4 heteroatoms. The average molecular weight is 405 g/mol. The lowest BCUT2D eigenvalue weighted by atomic mass is 9.77. The maximum atomic E-state index is 5.03. The molecule has 0 saturated carbocycles. The lowest BCUT2D eigenvalue weighted by molar-refractivity contribution is 0.274. The molecule has 2 aromatic heterocycles.